The monoisotopic (exact) mass is 237 g/mol. The first-order valence-electron chi connectivity index (χ1n) is 6.03. The van der Waals surface area contributed by atoms with Crippen LogP contribution >= 0.6 is 0 Å². The second kappa shape index (κ2) is 7.01. The van der Waals surface area contributed by atoms with Crippen molar-refractivity contribution in [2.24, 2.45) is 0 Å². The molecule has 1 aromatic rings. The molecule has 0 aromatic heterocycles. The molecule has 0 unspecified atom stereocenters. The summed E-state index contributed by atoms with van der Waals surface area (Å²) >= 11 is 0. The van der Waals surface area contributed by atoms with Gasteiger partial charge in [-0.2, -0.15) is 0 Å². The average Bonchev–Trinajstić information content (AvgIpc) is 2.24. The van der Waals surface area contributed by atoms with Gasteiger partial charge in [-0.05, 0) is 40.1 Å². The highest BCUT2D eigenvalue weighted by Gasteiger charge is 1.99. The summed E-state index contributed by atoms with van der Waals surface area (Å²) in [4.78, 5) is 2.17. The molecule has 0 saturated heterocycles. The highest BCUT2D eigenvalue weighted by atomic mass is 16.5. The van der Waals surface area contributed by atoms with Gasteiger partial charge in [0.1, 0.15) is 5.75 Å². The molecule has 0 bridgehead atoms. The molecule has 0 fully saturated rings. The van der Waals surface area contributed by atoms with E-state index in [1.807, 2.05) is 25.1 Å². The van der Waals surface area contributed by atoms with E-state index >= 15 is 0 Å². The van der Waals surface area contributed by atoms with Gasteiger partial charge in [-0.3, -0.25) is 0 Å². The van der Waals surface area contributed by atoms with Gasteiger partial charge in [0, 0.05) is 30.1 Å². The molecule has 96 valence electrons. The molecule has 0 spiro atoms. The highest BCUT2D eigenvalue weighted by molar-refractivity contribution is 5.59. The predicted molar refractivity (Wildman–Crippen MR) is 73.7 cm³/mol. The van der Waals surface area contributed by atoms with E-state index in [1.165, 1.54) is 0 Å². The van der Waals surface area contributed by atoms with Gasteiger partial charge in [-0.15, -0.1) is 0 Å². The van der Waals surface area contributed by atoms with Gasteiger partial charge < -0.3 is 20.7 Å². The van der Waals surface area contributed by atoms with Crippen molar-refractivity contribution in [3.8, 4) is 5.75 Å². The van der Waals surface area contributed by atoms with Crippen LogP contribution in [0.1, 0.15) is 13.3 Å². The third-order valence-electron chi connectivity index (χ3n) is 2.35. The summed E-state index contributed by atoms with van der Waals surface area (Å²) in [7, 11) is 4.15. The fourth-order valence-corrected chi connectivity index (χ4v) is 1.60. The summed E-state index contributed by atoms with van der Waals surface area (Å²) in [5, 5.41) is 3.35. The van der Waals surface area contributed by atoms with Crippen LogP contribution in [0.15, 0.2) is 18.2 Å². The van der Waals surface area contributed by atoms with E-state index in [4.69, 9.17) is 10.5 Å². The van der Waals surface area contributed by atoms with Crippen molar-refractivity contribution in [2.75, 3.05) is 44.8 Å². The van der Waals surface area contributed by atoms with Gasteiger partial charge in [0.05, 0.1) is 6.61 Å². The third-order valence-corrected chi connectivity index (χ3v) is 2.35. The van der Waals surface area contributed by atoms with Crippen molar-refractivity contribution in [2.45, 2.75) is 13.3 Å². The van der Waals surface area contributed by atoms with Crippen LogP contribution in [0, 0.1) is 0 Å². The zero-order valence-electron chi connectivity index (χ0n) is 11.0. The summed E-state index contributed by atoms with van der Waals surface area (Å²) in [6, 6.07) is 5.75. The minimum absolute atomic E-state index is 0.656. The molecular weight excluding hydrogens is 214 g/mol. The number of anilines is 2. The minimum Gasteiger partial charge on any atom is -0.494 e. The Kier molecular flexibility index (Phi) is 5.63. The van der Waals surface area contributed by atoms with Crippen LogP contribution in [0.3, 0.4) is 0 Å². The zero-order chi connectivity index (χ0) is 12.7. The number of nitrogen functional groups attached to an aromatic ring is 1. The molecule has 0 radical (unpaired) electrons. The lowest BCUT2D eigenvalue weighted by atomic mass is 10.2. The average molecular weight is 237 g/mol. The topological polar surface area (TPSA) is 50.5 Å². The summed E-state index contributed by atoms with van der Waals surface area (Å²) in [5.41, 5.74) is 7.56. The van der Waals surface area contributed by atoms with Crippen molar-refractivity contribution >= 4 is 11.4 Å². The van der Waals surface area contributed by atoms with E-state index in [0.29, 0.717) is 6.61 Å². The molecule has 1 rings (SSSR count). The number of hydrogen-bond acceptors (Lipinski definition) is 4. The van der Waals surface area contributed by atoms with Crippen LogP contribution in [-0.4, -0.2) is 38.7 Å². The second-order valence-electron chi connectivity index (χ2n) is 4.31. The van der Waals surface area contributed by atoms with Gasteiger partial charge in [0.25, 0.3) is 0 Å². The molecule has 0 aliphatic heterocycles. The number of nitrogens with one attached hydrogen (secondary N) is 1. The SMILES string of the molecule is CCOc1cc(N)cc(NCCCN(C)C)c1. The Balaban J connectivity index is 2.46. The largest absolute Gasteiger partial charge is 0.494 e. The number of nitrogens with two attached hydrogens (primary N) is 1. The molecule has 1 aromatic carbocycles. The Morgan fingerprint density at radius 2 is 2.06 bits per heavy atom. The quantitative estimate of drug-likeness (QED) is 0.563. The van der Waals surface area contributed by atoms with Gasteiger partial charge in [0.2, 0.25) is 0 Å². The number of hydrogen-bond donors (Lipinski definition) is 2. The van der Waals surface area contributed by atoms with E-state index in [9.17, 15) is 0 Å². The van der Waals surface area contributed by atoms with Gasteiger partial charge in [0.15, 0.2) is 0 Å². The van der Waals surface area contributed by atoms with Crippen LogP contribution in [-0.2, 0) is 0 Å². The summed E-state index contributed by atoms with van der Waals surface area (Å²) < 4.78 is 5.44. The maximum Gasteiger partial charge on any atom is 0.123 e. The molecule has 4 heteroatoms. The molecule has 4 nitrogen and oxygen atoms in total. The van der Waals surface area contributed by atoms with Gasteiger partial charge in [-0.1, -0.05) is 0 Å². The lowest BCUT2D eigenvalue weighted by Crippen LogP contribution is -2.16. The number of nitrogens with zero attached hydrogens (tertiary/aromatic N) is 1. The van der Waals surface area contributed by atoms with Crippen molar-refractivity contribution in [1.82, 2.24) is 4.90 Å². The first-order valence-corrected chi connectivity index (χ1v) is 6.03. The molecule has 0 amide bonds. The fraction of sp³-hybridized carbons (Fsp3) is 0.538. The minimum atomic E-state index is 0.656. The number of benzene rings is 1. The van der Waals surface area contributed by atoms with Crippen LogP contribution in [0.5, 0.6) is 5.75 Å². The van der Waals surface area contributed by atoms with Crippen molar-refractivity contribution in [3.05, 3.63) is 18.2 Å². The molecule has 0 atom stereocenters. The third kappa shape index (κ3) is 5.45. The maximum atomic E-state index is 5.81. The summed E-state index contributed by atoms with van der Waals surface area (Å²) in [6.07, 6.45) is 1.10. The zero-order valence-corrected chi connectivity index (χ0v) is 11.0. The first-order chi connectivity index (χ1) is 8.11. The Morgan fingerprint density at radius 3 is 2.71 bits per heavy atom. The predicted octanol–water partition coefficient (Wildman–Crippen LogP) is 2.03. The molecule has 17 heavy (non-hydrogen) atoms. The van der Waals surface area contributed by atoms with Crippen LogP contribution in [0.25, 0.3) is 0 Å². The molecule has 0 aliphatic carbocycles. The molecule has 0 saturated carbocycles. The van der Waals surface area contributed by atoms with E-state index < -0.39 is 0 Å². The Hall–Kier alpha value is -1.42. The van der Waals surface area contributed by atoms with E-state index in [2.05, 4.69) is 24.3 Å². The van der Waals surface area contributed by atoms with Crippen molar-refractivity contribution in [1.29, 1.82) is 0 Å². The van der Waals surface area contributed by atoms with Crippen molar-refractivity contribution < 1.29 is 4.74 Å². The van der Waals surface area contributed by atoms with E-state index in [0.717, 1.165) is 36.6 Å². The van der Waals surface area contributed by atoms with Crippen LogP contribution in [0.2, 0.25) is 0 Å². The van der Waals surface area contributed by atoms with Gasteiger partial charge >= 0.3 is 0 Å². The molecule has 0 heterocycles. The standard InChI is InChI=1S/C13H23N3O/c1-4-17-13-9-11(14)8-12(10-13)15-6-5-7-16(2)3/h8-10,15H,4-7,14H2,1-3H3. The van der Waals surface area contributed by atoms with E-state index in [-0.39, 0.29) is 0 Å². The molecular formula is C13H23N3O. The molecule has 3 N–H and O–H groups in total. The molecule has 0 aliphatic rings. The number of ether oxygens (including phenoxy) is 1. The Morgan fingerprint density at radius 1 is 1.29 bits per heavy atom. The van der Waals surface area contributed by atoms with Crippen LogP contribution < -0.4 is 15.8 Å². The van der Waals surface area contributed by atoms with E-state index in [1.54, 1.807) is 0 Å². The highest BCUT2D eigenvalue weighted by Crippen LogP contribution is 2.22. The summed E-state index contributed by atoms with van der Waals surface area (Å²) in [5.74, 6) is 0.822. The Bertz CT molecular complexity index is 339. The lowest BCUT2D eigenvalue weighted by Gasteiger charge is -2.12. The van der Waals surface area contributed by atoms with Crippen LogP contribution in [0.4, 0.5) is 11.4 Å². The normalized spacial score (nSPS) is 10.6. The first kappa shape index (κ1) is 13.6. The fourth-order valence-electron chi connectivity index (χ4n) is 1.60. The Labute approximate surface area is 104 Å². The lowest BCUT2D eigenvalue weighted by molar-refractivity contribution is 0.340. The van der Waals surface area contributed by atoms with Gasteiger partial charge in [-0.25, -0.2) is 0 Å². The van der Waals surface area contributed by atoms with Crippen molar-refractivity contribution in [3.63, 3.8) is 0 Å². The second-order valence-corrected chi connectivity index (χ2v) is 4.31. The number of rotatable bonds is 7. The smallest absolute Gasteiger partial charge is 0.123 e. The maximum absolute atomic E-state index is 5.81. The summed E-state index contributed by atoms with van der Waals surface area (Å²) in [6.45, 7) is 4.64.